The number of aromatic amines is 1. The van der Waals surface area contributed by atoms with Gasteiger partial charge < -0.3 is 9.47 Å². The average Bonchev–Trinajstić information content (AvgIpc) is 3.10. The molecule has 128 valence electrons. The summed E-state index contributed by atoms with van der Waals surface area (Å²) in [5.41, 5.74) is 1.73. The topological polar surface area (TPSA) is 89.1 Å². The number of carbonyl (C=O) groups excluding carboxylic acids is 1. The zero-order valence-electron chi connectivity index (χ0n) is 13.9. The summed E-state index contributed by atoms with van der Waals surface area (Å²) in [6.07, 6.45) is 0.233. The predicted octanol–water partition coefficient (Wildman–Crippen LogP) is 2.67. The summed E-state index contributed by atoms with van der Waals surface area (Å²) in [5, 5.41) is 9.52. The van der Waals surface area contributed by atoms with Crippen LogP contribution < -0.4 is 14.8 Å². The number of H-pyrrole nitrogens is 1. The van der Waals surface area contributed by atoms with Crippen LogP contribution in [0.2, 0.25) is 0 Å². The molecule has 0 aliphatic carbocycles. The number of methoxy groups -OCH3 is 2. The number of carbonyl (C=O) groups is 1. The van der Waals surface area contributed by atoms with Crippen molar-refractivity contribution in [2.45, 2.75) is 6.42 Å². The van der Waals surface area contributed by atoms with E-state index in [9.17, 15) is 4.79 Å². The minimum absolute atomic E-state index is 0.189. The standard InChI is InChI=1S/C18H18N4O3/c1-24-14-7-3-12(4-8-14)11-16(23)19-18-20-17(21-22-18)13-5-9-15(25-2)10-6-13/h3-10H,11H2,1-2H3,(H2,19,20,21,22,23). The minimum Gasteiger partial charge on any atom is -0.497 e. The number of rotatable bonds is 6. The summed E-state index contributed by atoms with van der Waals surface area (Å²) >= 11 is 0. The summed E-state index contributed by atoms with van der Waals surface area (Å²) in [5.74, 6) is 2.13. The summed E-state index contributed by atoms with van der Waals surface area (Å²) < 4.78 is 10.2. The van der Waals surface area contributed by atoms with Crippen LogP contribution in [0.5, 0.6) is 11.5 Å². The minimum atomic E-state index is -0.189. The quantitative estimate of drug-likeness (QED) is 0.721. The molecule has 2 N–H and O–H groups in total. The lowest BCUT2D eigenvalue weighted by Crippen LogP contribution is -2.15. The number of anilines is 1. The maximum atomic E-state index is 12.1. The Bertz CT molecular complexity index is 842. The second-order valence-corrected chi connectivity index (χ2v) is 5.31. The van der Waals surface area contributed by atoms with E-state index in [-0.39, 0.29) is 18.3 Å². The summed E-state index contributed by atoms with van der Waals surface area (Å²) in [6.45, 7) is 0. The van der Waals surface area contributed by atoms with E-state index in [0.29, 0.717) is 5.82 Å². The van der Waals surface area contributed by atoms with Gasteiger partial charge in [0.2, 0.25) is 11.9 Å². The van der Waals surface area contributed by atoms with E-state index in [0.717, 1.165) is 22.6 Å². The van der Waals surface area contributed by atoms with Gasteiger partial charge in [-0.3, -0.25) is 15.2 Å². The molecule has 1 heterocycles. The Morgan fingerprint density at radius 3 is 2.20 bits per heavy atom. The van der Waals surface area contributed by atoms with Crippen molar-refractivity contribution in [1.29, 1.82) is 0 Å². The molecule has 0 atom stereocenters. The van der Waals surface area contributed by atoms with Gasteiger partial charge in [0, 0.05) is 5.56 Å². The van der Waals surface area contributed by atoms with E-state index < -0.39 is 0 Å². The SMILES string of the molecule is COc1ccc(CC(=O)Nc2n[nH]c(-c3ccc(OC)cc3)n2)cc1. The Kier molecular flexibility index (Phi) is 4.94. The van der Waals surface area contributed by atoms with Crippen LogP contribution in [0.1, 0.15) is 5.56 Å². The Hall–Kier alpha value is -3.35. The van der Waals surface area contributed by atoms with Gasteiger partial charge in [-0.05, 0) is 42.0 Å². The molecule has 1 aromatic heterocycles. The normalized spacial score (nSPS) is 10.3. The van der Waals surface area contributed by atoms with Gasteiger partial charge in [0.05, 0.1) is 20.6 Å². The fourth-order valence-corrected chi connectivity index (χ4v) is 2.29. The molecule has 0 fully saturated rings. The Balaban J connectivity index is 1.62. The van der Waals surface area contributed by atoms with Crippen LogP contribution in [0, 0.1) is 0 Å². The maximum Gasteiger partial charge on any atom is 0.249 e. The molecular formula is C18H18N4O3. The van der Waals surface area contributed by atoms with Crippen molar-refractivity contribution in [3.63, 3.8) is 0 Å². The van der Waals surface area contributed by atoms with E-state index >= 15 is 0 Å². The molecule has 7 heteroatoms. The second-order valence-electron chi connectivity index (χ2n) is 5.31. The molecule has 1 amide bonds. The van der Waals surface area contributed by atoms with Crippen LogP contribution in [0.3, 0.4) is 0 Å². The van der Waals surface area contributed by atoms with Crippen molar-refractivity contribution in [1.82, 2.24) is 15.2 Å². The molecule has 0 aliphatic heterocycles. The molecule has 25 heavy (non-hydrogen) atoms. The monoisotopic (exact) mass is 338 g/mol. The van der Waals surface area contributed by atoms with E-state index in [1.165, 1.54) is 0 Å². The smallest absolute Gasteiger partial charge is 0.249 e. The highest BCUT2D eigenvalue weighted by molar-refractivity contribution is 5.90. The fourth-order valence-electron chi connectivity index (χ4n) is 2.29. The molecule has 0 saturated carbocycles. The van der Waals surface area contributed by atoms with Gasteiger partial charge in [0.15, 0.2) is 5.82 Å². The van der Waals surface area contributed by atoms with Gasteiger partial charge in [-0.25, -0.2) is 0 Å². The molecule has 3 rings (SSSR count). The predicted molar refractivity (Wildman–Crippen MR) is 93.7 cm³/mol. The van der Waals surface area contributed by atoms with Gasteiger partial charge in [-0.2, -0.15) is 4.98 Å². The number of hydrogen-bond acceptors (Lipinski definition) is 5. The van der Waals surface area contributed by atoms with E-state index in [1.54, 1.807) is 14.2 Å². The van der Waals surface area contributed by atoms with Crippen molar-refractivity contribution in [2.75, 3.05) is 19.5 Å². The van der Waals surface area contributed by atoms with E-state index in [4.69, 9.17) is 9.47 Å². The highest BCUT2D eigenvalue weighted by Gasteiger charge is 2.10. The van der Waals surface area contributed by atoms with Gasteiger partial charge in [-0.1, -0.05) is 12.1 Å². The number of hydrogen-bond donors (Lipinski definition) is 2. The van der Waals surface area contributed by atoms with Crippen LogP contribution in [0.4, 0.5) is 5.95 Å². The lowest BCUT2D eigenvalue weighted by molar-refractivity contribution is -0.115. The maximum absolute atomic E-state index is 12.1. The molecule has 7 nitrogen and oxygen atoms in total. The Morgan fingerprint density at radius 1 is 1.00 bits per heavy atom. The van der Waals surface area contributed by atoms with Gasteiger partial charge in [-0.15, -0.1) is 5.10 Å². The van der Waals surface area contributed by atoms with E-state index in [2.05, 4.69) is 20.5 Å². The third-order valence-electron chi connectivity index (χ3n) is 3.62. The van der Waals surface area contributed by atoms with Gasteiger partial charge in [0.25, 0.3) is 0 Å². The molecule has 3 aromatic rings. The van der Waals surface area contributed by atoms with Crippen molar-refractivity contribution < 1.29 is 14.3 Å². The zero-order valence-corrected chi connectivity index (χ0v) is 13.9. The Labute approximate surface area is 145 Å². The first-order chi connectivity index (χ1) is 12.2. The molecule has 0 spiro atoms. The third kappa shape index (κ3) is 4.14. The second kappa shape index (κ2) is 7.48. The number of aromatic nitrogens is 3. The molecule has 0 saturated heterocycles. The number of nitrogens with zero attached hydrogens (tertiary/aromatic N) is 2. The lowest BCUT2D eigenvalue weighted by Gasteiger charge is -2.03. The van der Waals surface area contributed by atoms with Crippen LogP contribution in [0.15, 0.2) is 48.5 Å². The van der Waals surface area contributed by atoms with Gasteiger partial charge in [0.1, 0.15) is 11.5 Å². The molecule has 2 aromatic carbocycles. The van der Waals surface area contributed by atoms with Crippen LogP contribution in [0.25, 0.3) is 11.4 Å². The van der Waals surface area contributed by atoms with Crippen molar-refractivity contribution in [2.24, 2.45) is 0 Å². The number of benzene rings is 2. The van der Waals surface area contributed by atoms with Crippen LogP contribution in [-0.4, -0.2) is 35.3 Å². The number of ether oxygens (including phenoxy) is 2. The van der Waals surface area contributed by atoms with Gasteiger partial charge >= 0.3 is 0 Å². The first-order valence-corrected chi connectivity index (χ1v) is 7.67. The molecule has 0 bridgehead atoms. The van der Waals surface area contributed by atoms with Crippen molar-refractivity contribution >= 4 is 11.9 Å². The highest BCUT2D eigenvalue weighted by atomic mass is 16.5. The number of nitrogens with one attached hydrogen (secondary N) is 2. The van der Waals surface area contributed by atoms with E-state index in [1.807, 2.05) is 48.5 Å². The van der Waals surface area contributed by atoms with Crippen molar-refractivity contribution in [3.8, 4) is 22.9 Å². The lowest BCUT2D eigenvalue weighted by atomic mass is 10.1. The number of amides is 1. The zero-order chi connectivity index (χ0) is 17.6. The summed E-state index contributed by atoms with van der Waals surface area (Å²) in [7, 11) is 3.21. The summed E-state index contributed by atoms with van der Waals surface area (Å²) in [4.78, 5) is 16.4. The van der Waals surface area contributed by atoms with Crippen LogP contribution >= 0.6 is 0 Å². The molecule has 0 aliphatic rings. The molecule has 0 unspecified atom stereocenters. The Morgan fingerprint density at radius 2 is 1.60 bits per heavy atom. The fraction of sp³-hybridized carbons (Fsp3) is 0.167. The third-order valence-corrected chi connectivity index (χ3v) is 3.62. The van der Waals surface area contributed by atoms with Crippen LogP contribution in [-0.2, 0) is 11.2 Å². The average molecular weight is 338 g/mol. The molecule has 0 radical (unpaired) electrons. The first kappa shape index (κ1) is 16.5. The molecular weight excluding hydrogens is 320 g/mol. The first-order valence-electron chi connectivity index (χ1n) is 7.67. The summed E-state index contributed by atoms with van der Waals surface area (Å²) in [6, 6.07) is 14.7. The highest BCUT2D eigenvalue weighted by Crippen LogP contribution is 2.20. The van der Waals surface area contributed by atoms with Crippen molar-refractivity contribution in [3.05, 3.63) is 54.1 Å². The largest absolute Gasteiger partial charge is 0.497 e.